The predicted molar refractivity (Wildman–Crippen MR) is 174 cm³/mol. The quantitative estimate of drug-likeness (QED) is 0.308. The van der Waals surface area contributed by atoms with Crippen LogP contribution in [0.25, 0.3) is 33.1 Å². The van der Waals surface area contributed by atoms with Crippen molar-refractivity contribution in [3.8, 4) is 17.3 Å². The molecule has 4 saturated heterocycles. The number of hydrogen-bond acceptors (Lipinski definition) is 8. The molecule has 3 aromatic heterocycles. The van der Waals surface area contributed by atoms with Crippen LogP contribution in [-0.2, 0) is 11.2 Å². The van der Waals surface area contributed by atoms with Crippen LogP contribution in [0.5, 0.6) is 6.01 Å². The number of halogens is 3. The van der Waals surface area contributed by atoms with Crippen LogP contribution in [0.4, 0.5) is 14.6 Å². The molecule has 6 aliphatic heterocycles. The average molecular weight is 663 g/mol. The van der Waals surface area contributed by atoms with Crippen LogP contribution < -0.4 is 9.64 Å². The maximum Gasteiger partial charge on any atom is 0.319 e. The second-order valence-corrected chi connectivity index (χ2v) is 14.6. The molecular formula is C34H37ClF2N8O2. The highest BCUT2D eigenvalue weighted by Gasteiger charge is 2.49. The van der Waals surface area contributed by atoms with E-state index in [9.17, 15) is 9.18 Å². The van der Waals surface area contributed by atoms with Crippen molar-refractivity contribution in [1.82, 2.24) is 34.9 Å². The van der Waals surface area contributed by atoms with Gasteiger partial charge in [0.1, 0.15) is 29.8 Å². The van der Waals surface area contributed by atoms with E-state index in [1.54, 1.807) is 12.4 Å². The fraction of sp³-hybridized carbons (Fsp3) is 0.559. The van der Waals surface area contributed by atoms with Crippen molar-refractivity contribution in [3.05, 3.63) is 34.9 Å². The maximum atomic E-state index is 17.1. The van der Waals surface area contributed by atoms with Gasteiger partial charge in [-0.1, -0.05) is 11.6 Å². The van der Waals surface area contributed by atoms with Crippen molar-refractivity contribution >= 4 is 45.1 Å². The molecule has 2 unspecified atom stereocenters. The van der Waals surface area contributed by atoms with Gasteiger partial charge >= 0.3 is 6.01 Å². The SMILES string of the molecule is O=C1CCCCc2c(Cl)cc3[nH]ncc3c2-c2ncc3c(nc(OC[C@@]45CCCN4C[C@H](F)C5)nc3c2F)N2CC3CCN1C(C3)C2. The van der Waals surface area contributed by atoms with Crippen molar-refractivity contribution in [2.45, 2.75) is 75.5 Å². The topological polar surface area (TPSA) is 103 Å². The Morgan fingerprint density at radius 3 is 2.89 bits per heavy atom. The Kier molecular flexibility index (Phi) is 7.04. The van der Waals surface area contributed by atoms with Crippen LogP contribution in [-0.4, -0.2) is 97.9 Å². The zero-order chi connectivity index (χ0) is 31.9. The van der Waals surface area contributed by atoms with Crippen molar-refractivity contribution < 1.29 is 18.3 Å². The molecule has 1 aromatic carbocycles. The second kappa shape index (κ2) is 11.2. The summed E-state index contributed by atoms with van der Waals surface area (Å²) >= 11 is 6.85. The third-order valence-corrected chi connectivity index (χ3v) is 11.7. The number of pyridine rings is 1. The lowest BCUT2D eigenvalue weighted by Crippen LogP contribution is -2.57. The van der Waals surface area contributed by atoms with Crippen molar-refractivity contribution in [1.29, 1.82) is 0 Å². The Labute approximate surface area is 275 Å². The van der Waals surface area contributed by atoms with Gasteiger partial charge < -0.3 is 14.5 Å². The summed E-state index contributed by atoms with van der Waals surface area (Å²) in [4.78, 5) is 34.3. The van der Waals surface area contributed by atoms with E-state index < -0.39 is 17.5 Å². The van der Waals surface area contributed by atoms with E-state index in [1.165, 1.54) is 0 Å². The standard InChI is InChI=1S/C34H37ClF2N8O2/c35-25-11-26-23(14-39-42-26)28-22(25)4-1-2-5-27(46)45-9-6-19-10-21(45)17-43(15-19)32-24-13-38-31(28)29(37)30(24)40-33(41-32)47-18-34-7-3-8-44(34)16-20(36)12-34/h11,13-14,19-21H,1-10,12,15-18H2,(H,39,42)/t19?,20-,21?,34+/m1/s1. The molecule has 246 valence electrons. The molecule has 4 atom stereocenters. The summed E-state index contributed by atoms with van der Waals surface area (Å²) in [6, 6.07) is 1.92. The van der Waals surface area contributed by atoms with E-state index in [-0.39, 0.29) is 35.8 Å². The van der Waals surface area contributed by atoms with Crippen molar-refractivity contribution in [2.75, 3.05) is 44.2 Å². The van der Waals surface area contributed by atoms with Crippen LogP contribution in [0.2, 0.25) is 5.02 Å². The van der Waals surface area contributed by atoms with Gasteiger partial charge in [0.05, 0.1) is 22.6 Å². The summed E-state index contributed by atoms with van der Waals surface area (Å²) < 4.78 is 38.0. The highest BCUT2D eigenvalue weighted by atomic mass is 35.5. The fourth-order valence-electron chi connectivity index (χ4n) is 9.10. The molecule has 1 amide bonds. The number of aromatic amines is 1. The van der Waals surface area contributed by atoms with Crippen LogP contribution in [0, 0.1) is 11.7 Å². The molecular weight excluding hydrogens is 626 g/mol. The molecule has 7 bridgehead atoms. The largest absolute Gasteiger partial charge is 0.461 e. The third-order valence-electron chi connectivity index (χ3n) is 11.3. The van der Waals surface area contributed by atoms with Gasteiger partial charge in [-0.25, -0.2) is 8.78 Å². The van der Waals surface area contributed by atoms with Gasteiger partial charge in [0.2, 0.25) is 5.91 Å². The number of nitrogens with one attached hydrogen (secondary N) is 1. The van der Waals surface area contributed by atoms with E-state index in [1.807, 2.05) is 11.0 Å². The molecule has 0 spiro atoms. The molecule has 1 N–H and O–H groups in total. The Morgan fingerprint density at radius 2 is 1.98 bits per heavy atom. The highest BCUT2D eigenvalue weighted by molar-refractivity contribution is 6.33. The lowest BCUT2D eigenvalue weighted by Gasteiger charge is -2.48. The smallest absolute Gasteiger partial charge is 0.319 e. The highest BCUT2D eigenvalue weighted by Crippen LogP contribution is 2.43. The normalized spacial score (nSPS) is 27.8. The molecule has 10 nitrogen and oxygen atoms in total. The molecule has 13 heteroatoms. The summed E-state index contributed by atoms with van der Waals surface area (Å²) in [7, 11) is 0. The number of carbonyl (C=O) groups excluding carboxylic acids is 1. The fourth-order valence-corrected chi connectivity index (χ4v) is 9.40. The molecule has 10 rings (SSSR count). The number of ether oxygens (including phenoxy) is 1. The van der Waals surface area contributed by atoms with Gasteiger partial charge in [0.15, 0.2) is 5.82 Å². The second-order valence-electron chi connectivity index (χ2n) is 14.2. The van der Waals surface area contributed by atoms with Gasteiger partial charge in [-0.15, -0.1) is 0 Å². The van der Waals surface area contributed by atoms with Gasteiger partial charge in [-0.05, 0) is 69.0 Å². The lowest BCUT2D eigenvalue weighted by atomic mass is 9.86. The lowest BCUT2D eigenvalue weighted by molar-refractivity contribution is -0.136. The Morgan fingerprint density at radius 1 is 1.09 bits per heavy atom. The molecule has 4 fully saturated rings. The summed E-state index contributed by atoms with van der Waals surface area (Å²) in [6.45, 7) is 3.57. The first kappa shape index (κ1) is 29.5. The number of carbonyl (C=O) groups is 1. The van der Waals surface area contributed by atoms with Crippen LogP contribution >= 0.6 is 11.6 Å². The number of alkyl halides is 1. The minimum absolute atomic E-state index is 0.0461. The molecule has 6 aliphatic rings. The number of amides is 1. The van der Waals surface area contributed by atoms with Crippen LogP contribution in [0.3, 0.4) is 0 Å². The number of aromatic nitrogens is 5. The molecule has 0 saturated carbocycles. The van der Waals surface area contributed by atoms with E-state index in [0.29, 0.717) is 83.8 Å². The number of anilines is 1. The van der Waals surface area contributed by atoms with Crippen molar-refractivity contribution in [2.24, 2.45) is 5.92 Å². The van der Waals surface area contributed by atoms with Gasteiger partial charge in [0, 0.05) is 67.2 Å². The first-order chi connectivity index (χ1) is 22.9. The number of benzene rings is 1. The molecule has 0 radical (unpaired) electrons. The Balaban J connectivity index is 1.22. The summed E-state index contributed by atoms with van der Waals surface area (Å²) in [5, 5.41) is 8.88. The number of fused-ring (bicyclic) bond motifs is 8. The molecule has 4 aromatic rings. The first-order valence-electron chi connectivity index (χ1n) is 16.9. The number of hydrogen-bond donors (Lipinski definition) is 1. The maximum absolute atomic E-state index is 17.1. The molecule has 47 heavy (non-hydrogen) atoms. The zero-order valence-corrected chi connectivity index (χ0v) is 26.9. The predicted octanol–water partition coefficient (Wildman–Crippen LogP) is 5.47. The third kappa shape index (κ3) is 4.84. The van der Waals surface area contributed by atoms with Gasteiger partial charge in [-0.3, -0.25) is 19.8 Å². The summed E-state index contributed by atoms with van der Waals surface area (Å²) in [5.74, 6) is 0.537. The van der Waals surface area contributed by atoms with Gasteiger partial charge in [0.25, 0.3) is 0 Å². The van der Waals surface area contributed by atoms with Gasteiger partial charge in [-0.2, -0.15) is 15.1 Å². The molecule has 0 aliphatic carbocycles. The Hall–Kier alpha value is -3.64. The van der Waals surface area contributed by atoms with E-state index in [0.717, 1.165) is 50.9 Å². The van der Waals surface area contributed by atoms with E-state index >= 15 is 4.39 Å². The average Bonchev–Trinajstić information content (AvgIpc) is 3.76. The minimum Gasteiger partial charge on any atom is -0.461 e. The summed E-state index contributed by atoms with van der Waals surface area (Å²) in [5.41, 5.74) is 1.86. The zero-order valence-electron chi connectivity index (χ0n) is 26.2. The number of nitrogens with zero attached hydrogens (tertiary/aromatic N) is 7. The Bertz CT molecular complexity index is 1910. The minimum atomic E-state index is -0.894. The van der Waals surface area contributed by atoms with E-state index in [2.05, 4.69) is 20.0 Å². The van der Waals surface area contributed by atoms with Crippen LogP contribution in [0.15, 0.2) is 18.5 Å². The number of piperidine rings is 2. The summed E-state index contributed by atoms with van der Waals surface area (Å²) in [6.07, 6.45) is 8.95. The molecule has 9 heterocycles. The monoisotopic (exact) mass is 662 g/mol. The first-order valence-corrected chi connectivity index (χ1v) is 17.3. The van der Waals surface area contributed by atoms with E-state index in [4.69, 9.17) is 31.3 Å². The number of rotatable bonds is 3. The van der Waals surface area contributed by atoms with Crippen LogP contribution in [0.1, 0.15) is 56.9 Å². The number of H-pyrrole nitrogens is 1. The van der Waals surface area contributed by atoms with Crippen molar-refractivity contribution in [3.63, 3.8) is 0 Å².